The van der Waals surface area contributed by atoms with E-state index in [9.17, 15) is 13.2 Å². The van der Waals surface area contributed by atoms with Crippen molar-refractivity contribution in [2.24, 2.45) is 5.41 Å². The fourth-order valence-electron chi connectivity index (χ4n) is 2.35. The molecule has 6 heteroatoms. The lowest BCUT2D eigenvalue weighted by Gasteiger charge is -2.33. The summed E-state index contributed by atoms with van der Waals surface area (Å²) in [4.78, 5) is 10.3. The number of carboxylic acids is 1. The number of aliphatic carboxylic acids is 1. The Morgan fingerprint density at radius 3 is 2.44 bits per heavy atom. The molecule has 0 atom stereocenters. The Morgan fingerprint density at radius 1 is 1.28 bits per heavy atom. The van der Waals surface area contributed by atoms with Crippen molar-refractivity contribution in [2.75, 3.05) is 12.3 Å². The summed E-state index contributed by atoms with van der Waals surface area (Å²) in [6, 6.07) is 0. The topological polar surface area (TPSA) is 83.5 Å². The Hall–Kier alpha value is -0.620. The Kier molecular flexibility index (Phi) is 5.59. The molecular weight excluding hydrogens is 254 g/mol. The zero-order chi connectivity index (χ0) is 13.6. The van der Waals surface area contributed by atoms with Crippen LogP contribution in [0.25, 0.3) is 0 Å². The highest BCUT2D eigenvalue weighted by atomic mass is 32.2. The lowest BCUT2D eigenvalue weighted by molar-refractivity contribution is -0.137. The summed E-state index contributed by atoms with van der Waals surface area (Å²) in [5.74, 6) is -1.06. The van der Waals surface area contributed by atoms with Crippen LogP contribution in [-0.2, 0) is 14.8 Å². The fourth-order valence-corrected chi connectivity index (χ4v) is 3.59. The molecule has 0 amide bonds. The van der Waals surface area contributed by atoms with Crippen molar-refractivity contribution < 1.29 is 18.3 Å². The Bertz CT molecular complexity index is 372. The average molecular weight is 277 g/mol. The van der Waals surface area contributed by atoms with E-state index >= 15 is 0 Å². The highest BCUT2D eigenvalue weighted by Crippen LogP contribution is 2.35. The van der Waals surface area contributed by atoms with Crippen LogP contribution in [0.1, 0.15) is 51.9 Å². The smallest absolute Gasteiger partial charge is 0.303 e. The van der Waals surface area contributed by atoms with E-state index in [0.717, 1.165) is 25.7 Å². The lowest BCUT2D eigenvalue weighted by atomic mass is 9.76. The van der Waals surface area contributed by atoms with Gasteiger partial charge in [-0.15, -0.1) is 0 Å². The summed E-state index contributed by atoms with van der Waals surface area (Å²) in [6.45, 7) is 2.59. The minimum Gasteiger partial charge on any atom is -0.481 e. The van der Waals surface area contributed by atoms with E-state index in [0.29, 0.717) is 6.54 Å². The van der Waals surface area contributed by atoms with E-state index in [2.05, 4.69) is 11.6 Å². The highest BCUT2D eigenvalue weighted by Gasteiger charge is 2.28. The van der Waals surface area contributed by atoms with Crippen molar-refractivity contribution in [1.29, 1.82) is 0 Å². The Balaban J connectivity index is 2.34. The summed E-state index contributed by atoms with van der Waals surface area (Å²) in [5.41, 5.74) is 0.0676. The fraction of sp³-hybridized carbons (Fsp3) is 0.917. The molecule has 0 radical (unpaired) electrons. The molecule has 1 rings (SSSR count). The van der Waals surface area contributed by atoms with Crippen molar-refractivity contribution in [3.05, 3.63) is 0 Å². The first-order chi connectivity index (χ1) is 8.33. The van der Waals surface area contributed by atoms with Crippen LogP contribution in [0.15, 0.2) is 0 Å². The molecule has 1 fully saturated rings. The standard InChI is InChI=1S/C12H23NO4S/c1-12(7-3-2-4-8-12)10-13-18(16,17)9-5-6-11(14)15/h13H,2-10H2,1H3,(H,14,15). The second kappa shape index (κ2) is 6.52. The van der Waals surface area contributed by atoms with Gasteiger partial charge in [0.25, 0.3) is 0 Å². The number of carboxylic acid groups (broad SMARTS) is 1. The second-order valence-electron chi connectivity index (χ2n) is 5.51. The first kappa shape index (κ1) is 15.4. The van der Waals surface area contributed by atoms with Crippen LogP contribution in [-0.4, -0.2) is 31.8 Å². The Labute approximate surface area is 109 Å². The van der Waals surface area contributed by atoms with Crippen molar-refractivity contribution in [2.45, 2.75) is 51.9 Å². The van der Waals surface area contributed by atoms with Crippen molar-refractivity contribution in [1.82, 2.24) is 4.72 Å². The molecular formula is C12H23NO4S. The van der Waals surface area contributed by atoms with Gasteiger partial charge < -0.3 is 5.11 Å². The SMILES string of the molecule is CC1(CNS(=O)(=O)CCCC(=O)O)CCCCC1. The minimum absolute atomic E-state index is 0.0676. The van der Waals surface area contributed by atoms with E-state index in [1.165, 1.54) is 6.42 Å². The third-order valence-electron chi connectivity index (χ3n) is 3.58. The van der Waals surface area contributed by atoms with Crippen LogP contribution >= 0.6 is 0 Å². The van der Waals surface area contributed by atoms with Crippen molar-refractivity contribution in [3.63, 3.8) is 0 Å². The Morgan fingerprint density at radius 2 is 1.89 bits per heavy atom. The van der Waals surface area contributed by atoms with Crippen LogP contribution < -0.4 is 4.72 Å². The van der Waals surface area contributed by atoms with Crippen LogP contribution in [0.5, 0.6) is 0 Å². The summed E-state index contributed by atoms with van der Waals surface area (Å²) >= 11 is 0. The first-order valence-electron chi connectivity index (χ1n) is 6.52. The number of sulfonamides is 1. The van der Waals surface area contributed by atoms with E-state index < -0.39 is 16.0 Å². The molecule has 1 aliphatic carbocycles. The molecule has 0 aromatic carbocycles. The maximum absolute atomic E-state index is 11.7. The van der Waals surface area contributed by atoms with Crippen LogP contribution in [0.2, 0.25) is 0 Å². The molecule has 1 aliphatic rings. The number of hydrogen-bond acceptors (Lipinski definition) is 3. The maximum Gasteiger partial charge on any atom is 0.303 e. The zero-order valence-corrected chi connectivity index (χ0v) is 11.8. The highest BCUT2D eigenvalue weighted by molar-refractivity contribution is 7.89. The van der Waals surface area contributed by atoms with Gasteiger partial charge in [0, 0.05) is 13.0 Å². The lowest BCUT2D eigenvalue weighted by Crippen LogP contribution is -2.38. The summed E-state index contributed by atoms with van der Waals surface area (Å²) in [7, 11) is -3.33. The van der Waals surface area contributed by atoms with Gasteiger partial charge in [0.15, 0.2) is 0 Å². The van der Waals surface area contributed by atoms with Crippen LogP contribution in [0.4, 0.5) is 0 Å². The van der Waals surface area contributed by atoms with Crippen LogP contribution in [0, 0.1) is 5.41 Å². The van der Waals surface area contributed by atoms with Crippen LogP contribution in [0.3, 0.4) is 0 Å². The zero-order valence-electron chi connectivity index (χ0n) is 10.9. The van der Waals surface area contributed by atoms with E-state index in [1.807, 2.05) is 0 Å². The van der Waals surface area contributed by atoms with Gasteiger partial charge in [-0.3, -0.25) is 4.79 Å². The number of rotatable bonds is 7. The third-order valence-corrected chi connectivity index (χ3v) is 4.99. The molecule has 0 bridgehead atoms. The summed E-state index contributed by atoms with van der Waals surface area (Å²) in [5, 5.41) is 8.47. The quantitative estimate of drug-likeness (QED) is 0.742. The molecule has 0 spiro atoms. The van der Waals surface area contributed by atoms with Gasteiger partial charge in [0.1, 0.15) is 0 Å². The molecule has 0 unspecified atom stereocenters. The molecule has 106 valence electrons. The maximum atomic E-state index is 11.7. The average Bonchev–Trinajstić information content (AvgIpc) is 2.27. The van der Waals surface area contributed by atoms with Gasteiger partial charge in [0.2, 0.25) is 10.0 Å². The summed E-state index contributed by atoms with van der Waals surface area (Å²) < 4.78 is 26.0. The van der Waals surface area contributed by atoms with E-state index in [4.69, 9.17) is 5.11 Å². The predicted molar refractivity (Wildman–Crippen MR) is 69.9 cm³/mol. The molecule has 0 aliphatic heterocycles. The second-order valence-corrected chi connectivity index (χ2v) is 7.44. The van der Waals surface area contributed by atoms with E-state index in [-0.39, 0.29) is 24.0 Å². The molecule has 0 aromatic rings. The minimum atomic E-state index is -3.33. The van der Waals surface area contributed by atoms with Crippen molar-refractivity contribution in [3.8, 4) is 0 Å². The number of carbonyl (C=O) groups is 1. The third kappa shape index (κ3) is 5.82. The van der Waals surface area contributed by atoms with Gasteiger partial charge >= 0.3 is 5.97 Å². The number of hydrogen-bond donors (Lipinski definition) is 2. The van der Waals surface area contributed by atoms with Gasteiger partial charge in [-0.25, -0.2) is 13.1 Å². The monoisotopic (exact) mass is 277 g/mol. The predicted octanol–water partition coefficient (Wildman–Crippen LogP) is 1.74. The van der Waals surface area contributed by atoms with Gasteiger partial charge in [-0.1, -0.05) is 26.2 Å². The summed E-state index contributed by atoms with van der Waals surface area (Å²) in [6.07, 6.45) is 5.75. The molecule has 1 saturated carbocycles. The molecule has 18 heavy (non-hydrogen) atoms. The van der Waals surface area contributed by atoms with Gasteiger partial charge in [-0.2, -0.15) is 0 Å². The molecule has 0 aromatic heterocycles. The van der Waals surface area contributed by atoms with Gasteiger partial charge in [0.05, 0.1) is 5.75 Å². The molecule has 2 N–H and O–H groups in total. The molecule has 0 saturated heterocycles. The largest absolute Gasteiger partial charge is 0.481 e. The normalized spacial score (nSPS) is 19.6. The molecule has 5 nitrogen and oxygen atoms in total. The van der Waals surface area contributed by atoms with Crippen molar-refractivity contribution >= 4 is 16.0 Å². The number of nitrogens with one attached hydrogen (secondary N) is 1. The molecule has 0 heterocycles. The van der Waals surface area contributed by atoms with Gasteiger partial charge in [-0.05, 0) is 24.7 Å². The first-order valence-corrected chi connectivity index (χ1v) is 8.17. The van der Waals surface area contributed by atoms with E-state index in [1.54, 1.807) is 0 Å².